The van der Waals surface area contributed by atoms with Crippen molar-refractivity contribution in [1.29, 1.82) is 0 Å². The second-order valence-corrected chi connectivity index (χ2v) is 8.46. The molecule has 29 heavy (non-hydrogen) atoms. The second-order valence-electron chi connectivity index (χ2n) is 7.79. The van der Waals surface area contributed by atoms with E-state index in [1.807, 2.05) is 24.6 Å². The largest absolute Gasteiger partial charge is 0.457 e. The van der Waals surface area contributed by atoms with Crippen LogP contribution in [-0.4, -0.2) is 19.1 Å². The van der Waals surface area contributed by atoms with Crippen molar-refractivity contribution in [2.24, 2.45) is 7.05 Å². The van der Waals surface area contributed by atoms with Crippen LogP contribution in [0, 0.1) is 5.82 Å². The van der Waals surface area contributed by atoms with Crippen LogP contribution in [0.5, 0.6) is 11.5 Å². The first-order valence-electron chi connectivity index (χ1n) is 9.20. The highest BCUT2D eigenvalue weighted by Crippen LogP contribution is 2.32. The Kier molecular flexibility index (Phi) is 4.92. The molecule has 3 aromatic heterocycles. The standard InChI is InChI=1S/C22H21FN4OS/c1-22(2,3)21-13-20(27(4)25-21)16-6-5-14(11-17(16)23)28-15-7-9-24-19(12-15)18-8-10-29-26-18/h5-13H,1-4H3. The van der Waals surface area contributed by atoms with Gasteiger partial charge in [0.25, 0.3) is 0 Å². The summed E-state index contributed by atoms with van der Waals surface area (Å²) in [5, 5.41) is 6.42. The molecule has 0 spiro atoms. The van der Waals surface area contributed by atoms with Crippen LogP contribution >= 0.6 is 11.5 Å². The van der Waals surface area contributed by atoms with Crippen molar-refractivity contribution in [1.82, 2.24) is 19.1 Å². The minimum atomic E-state index is -0.361. The fourth-order valence-corrected chi connectivity index (χ4v) is 3.47. The van der Waals surface area contributed by atoms with Crippen LogP contribution in [0.3, 0.4) is 0 Å². The molecule has 0 N–H and O–H groups in total. The van der Waals surface area contributed by atoms with E-state index in [4.69, 9.17) is 4.74 Å². The number of benzene rings is 1. The van der Waals surface area contributed by atoms with Gasteiger partial charge in [0.15, 0.2) is 0 Å². The van der Waals surface area contributed by atoms with Gasteiger partial charge < -0.3 is 4.74 Å². The predicted octanol–water partition coefficient (Wildman–Crippen LogP) is 5.83. The number of aromatic nitrogens is 4. The summed E-state index contributed by atoms with van der Waals surface area (Å²) in [6, 6.07) is 12.2. The maximum absolute atomic E-state index is 14.9. The van der Waals surface area contributed by atoms with E-state index < -0.39 is 0 Å². The summed E-state index contributed by atoms with van der Waals surface area (Å²) in [6.07, 6.45) is 1.65. The molecule has 0 atom stereocenters. The number of halogens is 1. The Morgan fingerprint density at radius 3 is 2.45 bits per heavy atom. The van der Waals surface area contributed by atoms with Crippen molar-refractivity contribution < 1.29 is 9.13 Å². The van der Waals surface area contributed by atoms with Crippen molar-refractivity contribution in [2.75, 3.05) is 0 Å². The number of hydrogen-bond acceptors (Lipinski definition) is 5. The Morgan fingerprint density at radius 2 is 1.79 bits per heavy atom. The Balaban J connectivity index is 1.60. The van der Waals surface area contributed by atoms with E-state index in [-0.39, 0.29) is 11.2 Å². The van der Waals surface area contributed by atoms with Crippen LogP contribution in [0.25, 0.3) is 22.6 Å². The Hall–Kier alpha value is -3.06. The third-order valence-corrected chi connectivity index (χ3v) is 5.09. The molecule has 4 rings (SSSR count). The van der Waals surface area contributed by atoms with Crippen molar-refractivity contribution in [3.63, 3.8) is 0 Å². The van der Waals surface area contributed by atoms with Crippen molar-refractivity contribution in [3.8, 4) is 34.1 Å². The molecular formula is C22H21FN4OS. The van der Waals surface area contributed by atoms with Gasteiger partial charge in [-0.25, -0.2) is 4.39 Å². The lowest BCUT2D eigenvalue weighted by atomic mass is 9.92. The highest BCUT2D eigenvalue weighted by atomic mass is 32.1. The van der Waals surface area contributed by atoms with Crippen LogP contribution in [0.15, 0.2) is 54.0 Å². The van der Waals surface area contributed by atoms with Gasteiger partial charge >= 0.3 is 0 Å². The lowest BCUT2D eigenvalue weighted by Crippen LogP contribution is -2.12. The third-order valence-electron chi connectivity index (χ3n) is 4.53. The van der Waals surface area contributed by atoms with Gasteiger partial charge in [0.1, 0.15) is 23.0 Å². The number of nitrogens with zero attached hydrogens (tertiary/aromatic N) is 4. The molecule has 0 saturated carbocycles. The number of rotatable bonds is 4. The topological polar surface area (TPSA) is 52.8 Å². The van der Waals surface area contributed by atoms with Crippen LogP contribution in [0.2, 0.25) is 0 Å². The molecule has 0 amide bonds. The van der Waals surface area contributed by atoms with E-state index in [0.29, 0.717) is 22.8 Å². The monoisotopic (exact) mass is 408 g/mol. The maximum Gasteiger partial charge on any atom is 0.136 e. The Bertz CT molecular complexity index is 1150. The molecule has 0 saturated heterocycles. The molecule has 0 bridgehead atoms. The van der Waals surface area contributed by atoms with E-state index in [0.717, 1.165) is 17.1 Å². The minimum Gasteiger partial charge on any atom is -0.457 e. The summed E-state index contributed by atoms with van der Waals surface area (Å²) in [4.78, 5) is 4.31. The summed E-state index contributed by atoms with van der Waals surface area (Å²) >= 11 is 1.36. The summed E-state index contributed by atoms with van der Waals surface area (Å²) in [5.74, 6) is 0.630. The maximum atomic E-state index is 14.9. The average Bonchev–Trinajstić information content (AvgIpc) is 3.32. The molecule has 1 aromatic carbocycles. The van der Waals surface area contributed by atoms with Gasteiger partial charge in [0.05, 0.1) is 17.1 Å². The summed E-state index contributed by atoms with van der Waals surface area (Å²) in [5.41, 5.74) is 3.53. The van der Waals surface area contributed by atoms with E-state index in [2.05, 4.69) is 35.2 Å². The number of pyridine rings is 1. The quantitative estimate of drug-likeness (QED) is 0.426. The SMILES string of the molecule is Cn1nc(C(C)(C)C)cc1-c1ccc(Oc2ccnc(-c3ccsn3)c2)cc1F. The summed E-state index contributed by atoms with van der Waals surface area (Å²) in [6.45, 7) is 6.25. The van der Waals surface area contributed by atoms with Crippen molar-refractivity contribution in [2.45, 2.75) is 26.2 Å². The molecule has 148 valence electrons. The third kappa shape index (κ3) is 4.05. The number of ether oxygens (including phenoxy) is 1. The van der Waals surface area contributed by atoms with Crippen molar-refractivity contribution >= 4 is 11.5 Å². The normalized spacial score (nSPS) is 11.6. The van der Waals surface area contributed by atoms with Gasteiger partial charge in [0.2, 0.25) is 0 Å². The first-order chi connectivity index (χ1) is 13.8. The zero-order valence-electron chi connectivity index (χ0n) is 16.7. The second kappa shape index (κ2) is 7.40. The molecule has 7 heteroatoms. The minimum absolute atomic E-state index is 0.105. The first-order valence-corrected chi connectivity index (χ1v) is 10.0. The molecule has 0 aliphatic rings. The van der Waals surface area contributed by atoms with E-state index in [1.165, 1.54) is 17.6 Å². The molecule has 0 aliphatic carbocycles. The molecule has 5 nitrogen and oxygen atoms in total. The zero-order chi connectivity index (χ0) is 20.6. The molecule has 4 aromatic rings. The van der Waals surface area contributed by atoms with Crippen LogP contribution in [0.1, 0.15) is 26.5 Å². The lowest BCUT2D eigenvalue weighted by Gasteiger charge is -2.13. The Labute approximate surface area is 173 Å². The summed E-state index contributed by atoms with van der Waals surface area (Å²) < 4.78 is 26.7. The average molecular weight is 409 g/mol. The molecule has 0 radical (unpaired) electrons. The molecule has 3 heterocycles. The highest BCUT2D eigenvalue weighted by Gasteiger charge is 2.21. The lowest BCUT2D eigenvalue weighted by molar-refractivity contribution is 0.476. The van der Waals surface area contributed by atoms with Gasteiger partial charge in [-0.05, 0) is 41.9 Å². The molecule has 0 aliphatic heterocycles. The van der Waals surface area contributed by atoms with Gasteiger partial charge in [-0.3, -0.25) is 9.67 Å². The fraction of sp³-hybridized carbons (Fsp3) is 0.227. The Morgan fingerprint density at radius 1 is 1.00 bits per heavy atom. The van der Waals surface area contributed by atoms with E-state index in [9.17, 15) is 4.39 Å². The van der Waals surface area contributed by atoms with Crippen LogP contribution in [0.4, 0.5) is 4.39 Å². The van der Waals surface area contributed by atoms with E-state index >= 15 is 0 Å². The molecular weight excluding hydrogens is 387 g/mol. The van der Waals surface area contributed by atoms with Gasteiger partial charge in [0, 0.05) is 41.7 Å². The molecule has 0 fully saturated rings. The first kappa shape index (κ1) is 19.3. The van der Waals surface area contributed by atoms with Gasteiger partial charge in [-0.2, -0.15) is 9.47 Å². The molecule has 0 unspecified atom stereocenters. The highest BCUT2D eigenvalue weighted by molar-refractivity contribution is 7.03. The number of hydrogen-bond donors (Lipinski definition) is 0. The fourth-order valence-electron chi connectivity index (χ4n) is 2.95. The van der Waals surface area contributed by atoms with E-state index in [1.54, 1.807) is 35.1 Å². The summed E-state index contributed by atoms with van der Waals surface area (Å²) in [7, 11) is 1.82. The van der Waals surface area contributed by atoms with Crippen molar-refractivity contribution in [3.05, 3.63) is 65.6 Å². The van der Waals surface area contributed by atoms with Gasteiger partial charge in [-0.15, -0.1) is 0 Å². The number of aryl methyl sites for hydroxylation is 1. The predicted molar refractivity (Wildman–Crippen MR) is 113 cm³/mol. The zero-order valence-corrected chi connectivity index (χ0v) is 17.5. The smallest absolute Gasteiger partial charge is 0.136 e. The van der Waals surface area contributed by atoms with Crippen LogP contribution < -0.4 is 4.74 Å². The van der Waals surface area contributed by atoms with Gasteiger partial charge in [-0.1, -0.05) is 20.8 Å². The van der Waals surface area contributed by atoms with Crippen LogP contribution in [-0.2, 0) is 12.5 Å².